The Labute approximate surface area is 89.8 Å². The van der Waals surface area contributed by atoms with Crippen LogP contribution >= 0.6 is 0 Å². The molecule has 5 heteroatoms. The zero-order valence-corrected chi connectivity index (χ0v) is 9.66. The highest BCUT2D eigenvalue weighted by atomic mass is 16.5. The number of carboxylic acids is 1. The fraction of sp³-hybridized carbons (Fsp3) is 0.800. The van der Waals surface area contributed by atoms with Crippen molar-refractivity contribution >= 4 is 11.9 Å². The van der Waals surface area contributed by atoms with E-state index in [0.29, 0.717) is 6.42 Å². The van der Waals surface area contributed by atoms with Gasteiger partial charge in [-0.1, -0.05) is 6.92 Å². The maximum absolute atomic E-state index is 11.7. The molecular formula is C10H19NO4. The summed E-state index contributed by atoms with van der Waals surface area (Å²) in [5, 5.41) is 11.2. The van der Waals surface area contributed by atoms with Crippen molar-refractivity contribution in [1.29, 1.82) is 0 Å². The van der Waals surface area contributed by atoms with Crippen molar-refractivity contribution in [2.45, 2.75) is 33.2 Å². The molecule has 15 heavy (non-hydrogen) atoms. The Balaban J connectivity index is 4.40. The molecule has 0 aromatic carbocycles. The Morgan fingerprint density at radius 1 is 1.47 bits per heavy atom. The second-order valence-corrected chi connectivity index (χ2v) is 4.09. The fourth-order valence-electron chi connectivity index (χ4n) is 1.12. The first-order chi connectivity index (χ1) is 6.85. The number of nitrogens with one attached hydrogen (secondary N) is 1. The first-order valence-electron chi connectivity index (χ1n) is 4.88. The number of carboxylic acid groups (broad SMARTS) is 1. The number of hydrogen-bond acceptors (Lipinski definition) is 3. The molecule has 0 aliphatic heterocycles. The minimum absolute atomic E-state index is 0.259. The molecule has 1 amide bonds. The minimum Gasteiger partial charge on any atom is -0.480 e. The quantitative estimate of drug-likeness (QED) is 0.684. The number of ether oxygens (including phenoxy) is 1. The molecule has 0 radical (unpaired) electrons. The molecule has 5 nitrogen and oxygen atoms in total. The summed E-state index contributed by atoms with van der Waals surface area (Å²) in [6, 6.07) is -0.825. The number of aliphatic carboxylic acids is 1. The van der Waals surface area contributed by atoms with E-state index in [2.05, 4.69) is 5.32 Å². The second kappa shape index (κ2) is 5.70. The number of methoxy groups -OCH3 is 1. The summed E-state index contributed by atoms with van der Waals surface area (Å²) >= 11 is 0. The molecule has 0 saturated carbocycles. The second-order valence-electron chi connectivity index (χ2n) is 4.09. The number of amides is 1. The molecule has 2 N–H and O–H groups in total. The zero-order chi connectivity index (χ0) is 12.1. The SMILES string of the molecule is CCC(NC(=O)C(C)(C)COC)C(=O)O. The van der Waals surface area contributed by atoms with Gasteiger partial charge in [0.25, 0.3) is 0 Å². The third-order valence-corrected chi connectivity index (χ3v) is 2.13. The molecule has 1 atom stereocenters. The van der Waals surface area contributed by atoms with Crippen LogP contribution in [0.4, 0.5) is 0 Å². The fourth-order valence-corrected chi connectivity index (χ4v) is 1.12. The highest BCUT2D eigenvalue weighted by Gasteiger charge is 2.30. The number of rotatable bonds is 6. The van der Waals surface area contributed by atoms with E-state index in [-0.39, 0.29) is 12.5 Å². The molecule has 0 aromatic rings. The first kappa shape index (κ1) is 13.9. The summed E-state index contributed by atoms with van der Waals surface area (Å²) in [7, 11) is 1.50. The van der Waals surface area contributed by atoms with Gasteiger partial charge in [0.05, 0.1) is 12.0 Å². The lowest BCUT2D eigenvalue weighted by Crippen LogP contribution is -2.47. The normalized spacial score (nSPS) is 13.3. The smallest absolute Gasteiger partial charge is 0.326 e. The largest absolute Gasteiger partial charge is 0.480 e. The van der Waals surface area contributed by atoms with E-state index in [9.17, 15) is 9.59 Å². The van der Waals surface area contributed by atoms with Crippen LogP contribution in [-0.2, 0) is 14.3 Å². The van der Waals surface area contributed by atoms with Crippen molar-refractivity contribution in [3.05, 3.63) is 0 Å². The highest BCUT2D eigenvalue weighted by Crippen LogP contribution is 2.15. The van der Waals surface area contributed by atoms with Crippen LogP contribution in [0.1, 0.15) is 27.2 Å². The van der Waals surface area contributed by atoms with E-state index >= 15 is 0 Å². The van der Waals surface area contributed by atoms with Gasteiger partial charge in [0.15, 0.2) is 0 Å². The van der Waals surface area contributed by atoms with Crippen molar-refractivity contribution < 1.29 is 19.4 Å². The molecule has 0 saturated heterocycles. The van der Waals surface area contributed by atoms with Gasteiger partial charge in [-0.05, 0) is 20.3 Å². The summed E-state index contributed by atoms with van der Waals surface area (Å²) in [5.41, 5.74) is -0.711. The van der Waals surface area contributed by atoms with Gasteiger partial charge in [-0.25, -0.2) is 4.79 Å². The van der Waals surface area contributed by atoms with Gasteiger partial charge in [0, 0.05) is 7.11 Å². The molecule has 0 spiro atoms. The topological polar surface area (TPSA) is 75.6 Å². The number of carbonyl (C=O) groups is 2. The van der Waals surface area contributed by atoms with Crippen LogP contribution < -0.4 is 5.32 Å². The predicted molar refractivity (Wildman–Crippen MR) is 55.5 cm³/mol. The summed E-state index contributed by atoms with van der Waals surface area (Å²) in [5.74, 6) is -1.32. The van der Waals surface area contributed by atoms with Crippen molar-refractivity contribution in [3.63, 3.8) is 0 Å². The van der Waals surface area contributed by atoms with Gasteiger partial charge in [0.2, 0.25) is 5.91 Å². The number of carbonyl (C=O) groups excluding carboxylic acids is 1. The molecule has 88 valence electrons. The summed E-state index contributed by atoms with van der Waals surface area (Å²) in [4.78, 5) is 22.4. The lowest BCUT2D eigenvalue weighted by Gasteiger charge is -2.24. The minimum atomic E-state index is -1.01. The van der Waals surface area contributed by atoms with Gasteiger partial charge in [-0.15, -0.1) is 0 Å². The molecule has 1 unspecified atom stereocenters. The van der Waals surface area contributed by atoms with Crippen molar-refractivity contribution in [3.8, 4) is 0 Å². The van der Waals surface area contributed by atoms with Crippen LogP contribution in [0, 0.1) is 5.41 Å². The summed E-state index contributed by atoms with van der Waals surface area (Å²) in [6.45, 7) is 5.39. The van der Waals surface area contributed by atoms with E-state index in [1.54, 1.807) is 20.8 Å². The van der Waals surface area contributed by atoms with Crippen LogP contribution in [0.2, 0.25) is 0 Å². The average molecular weight is 217 g/mol. The zero-order valence-electron chi connectivity index (χ0n) is 9.66. The Morgan fingerprint density at radius 2 is 2.00 bits per heavy atom. The highest BCUT2D eigenvalue weighted by molar-refractivity contribution is 5.86. The van der Waals surface area contributed by atoms with E-state index in [0.717, 1.165) is 0 Å². The first-order valence-corrected chi connectivity index (χ1v) is 4.88. The van der Waals surface area contributed by atoms with Gasteiger partial charge in [-0.2, -0.15) is 0 Å². The standard InChI is InChI=1S/C10H19NO4/c1-5-7(8(12)13)11-9(14)10(2,3)6-15-4/h7H,5-6H2,1-4H3,(H,11,14)(H,12,13). The molecule has 0 fully saturated rings. The van der Waals surface area contributed by atoms with E-state index in [4.69, 9.17) is 9.84 Å². The molecule has 0 aliphatic rings. The Kier molecular flexibility index (Phi) is 5.28. The van der Waals surface area contributed by atoms with Gasteiger partial charge in [0.1, 0.15) is 6.04 Å². The Morgan fingerprint density at radius 3 is 2.33 bits per heavy atom. The number of hydrogen-bond donors (Lipinski definition) is 2. The average Bonchev–Trinajstić information content (AvgIpc) is 2.12. The van der Waals surface area contributed by atoms with Gasteiger partial charge >= 0.3 is 5.97 Å². The lowest BCUT2D eigenvalue weighted by molar-refractivity contribution is -0.144. The van der Waals surface area contributed by atoms with Crippen molar-refractivity contribution in [2.24, 2.45) is 5.41 Å². The summed E-state index contributed by atoms with van der Waals surface area (Å²) in [6.07, 6.45) is 0.365. The maximum Gasteiger partial charge on any atom is 0.326 e. The third-order valence-electron chi connectivity index (χ3n) is 2.13. The summed E-state index contributed by atoms with van der Waals surface area (Å²) < 4.78 is 4.90. The van der Waals surface area contributed by atoms with Gasteiger partial charge < -0.3 is 15.2 Å². The molecule has 0 rings (SSSR count). The van der Waals surface area contributed by atoms with Crippen LogP contribution in [0.25, 0.3) is 0 Å². The maximum atomic E-state index is 11.7. The van der Waals surface area contributed by atoms with Crippen LogP contribution in [0.5, 0.6) is 0 Å². The third kappa shape index (κ3) is 4.29. The van der Waals surface area contributed by atoms with E-state index in [1.165, 1.54) is 7.11 Å². The monoisotopic (exact) mass is 217 g/mol. The van der Waals surface area contributed by atoms with Crippen molar-refractivity contribution in [1.82, 2.24) is 5.32 Å². The van der Waals surface area contributed by atoms with Crippen LogP contribution in [-0.4, -0.2) is 36.7 Å². The molecular weight excluding hydrogens is 198 g/mol. The predicted octanol–water partition coefficient (Wildman–Crippen LogP) is 0.638. The molecule has 0 heterocycles. The van der Waals surface area contributed by atoms with E-state index in [1.807, 2.05) is 0 Å². The molecule has 0 aromatic heterocycles. The van der Waals surface area contributed by atoms with Gasteiger partial charge in [-0.3, -0.25) is 4.79 Å². The van der Waals surface area contributed by atoms with Crippen LogP contribution in [0.15, 0.2) is 0 Å². The van der Waals surface area contributed by atoms with Crippen molar-refractivity contribution in [2.75, 3.05) is 13.7 Å². The van der Waals surface area contributed by atoms with Crippen LogP contribution in [0.3, 0.4) is 0 Å². The van der Waals surface area contributed by atoms with E-state index < -0.39 is 17.4 Å². The molecule has 0 aliphatic carbocycles. The molecule has 0 bridgehead atoms. The Hall–Kier alpha value is -1.10. The Bertz CT molecular complexity index is 238. The lowest BCUT2D eigenvalue weighted by atomic mass is 9.93.